The summed E-state index contributed by atoms with van der Waals surface area (Å²) in [6.07, 6.45) is 0. The number of thiophene rings is 1. The number of nitrogens with zero attached hydrogens (tertiary/aromatic N) is 4. The molecule has 10 heteroatoms. The Kier molecular flexibility index (Phi) is 5.95. The van der Waals surface area contributed by atoms with Crippen LogP contribution in [0.15, 0.2) is 42.5 Å². The lowest BCUT2D eigenvalue weighted by atomic mass is 10.2. The van der Waals surface area contributed by atoms with E-state index in [0.717, 1.165) is 34.0 Å². The van der Waals surface area contributed by atoms with Crippen molar-refractivity contribution in [2.24, 2.45) is 0 Å². The molecule has 0 atom stereocenters. The van der Waals surface area contributed by atoms with Crippen molar-refractivity contribution in [3.63, 3.8) is 0 Å². The molecule has 2 N–H and O–H groups in total. The zero-order valence-electron chi connectivity index (χ0n) is 16.9. The molecule has 0 unspecified atom stereocenters. The number of nitrogens with one attached hydrogen (secondary N) is 2. The third kappa shape index (κ3) is 4.56. The Morgan fingerprint density at radius 3 is 2.26 bits per heavy atom. The maximum atomic E-state index is 12.3. The minimum atomic E-state index is -0.310. The van der Waals surface area contributed by atoms with Crippen molar-refractivity contribution in [2.75, 3.05) is 10.6 Å². The van der Waals surface area contributed by atoms with Gasteiger partial charge in [0.25, 0.3) is 5.91 Å². The van der Waals surface area contributed by atoms with Crippen molar-refractivity contribution >= 4 is 57.6 Å². The lowest BCUT2D eigenvalue weighted by Crippen LogP contribution is -2.11. The van der Waals surface area contributed by atoms with Gasteiger partial charge in [-0.2, -0.15) is 5.10 Å². The molecule has 0 aliphatic heterocycles. The Morgan fingerprint density at radius 1 is 1.00 bits per heavy atom. The summed E-state index contributed by atoms with van der Waals surface area (Å²) in [5, 5.41) is 19.0. The van der Waals surface area contributed by atoms with E-state index < -0.39 is 0 Å². The largest absolute Gasteiger partial charge is 0.339 e. The molecule has 0 bridgehead atoms. The third-order valence-electron chi connectivity index (χ3n) is 4.84. The van der Waals surface area contributed by atoms with Gasteiger partial charge in [-0.25, -0.2) is 4.68 Å². The van der Waals surface area contributed by atoms with Crippen LogP contribution >= 0.6 is 34.5 Å². The predicted octanol–water partition coefficient (Wildman–Crippen LogP) is 5.95. The van der Waals surface area contributed by atoms with Crippen LogP contribution in [-0.4, -0.2) is 25.9 Å². The molecule has 3 heterocycles. The first-order valence-electron chi connectivity index (χ1n) is 9.32. The van der Waals surface area contributed by atoms with Crippen molar-refractivity contribution in [1.82, 2.24) is 20.0 Å². The number of benzene rings is 1. The number of aromatic nitrogens is 4. The summed E-state index contributed by atoms with van der Waals surface area (Å²) in [6, 6.07) is 12.5. The zero-order chi connectivity index (χ0) is 22.1. The van der Waals surface area contributed by atoms with E-state index in [0.29, 0.717) is 31.6 Å². The Bertz CT molecular complexity index is 1250. The molecule has 1 amide bonds. The number of hydrogen-bond acceptors (Lipinski definition) is 6. The highest BCUT2D eigenvalue weighted by atomic mass is 35.5. The second-order valence-electron chi connectivity index (χ2n) is 6.88. The number of carbonyl (C=O) groups excluding carboxylic acids is 1. The maximum Gasteiger partial charge on any atom is 0.258 e. The first-order valence-corrected chi connectivity index (χ1v) is 10.9. The number of aryl methyl sites for hydroxylation is 1. The molecule has 3 aromatic heterocycles. The smallest absolute Gasteiger partial charge is 0.258 e. The summed E-state index contributed by atoms with van der Waals surface area (Å²) in [5.74, 6) is 0.942. The van der Waals surface area contributed by atoms with E-state index in [1.807, 2.05) is 45.0 Å². The van der Waals surface area contributed by atoms with Gasteiger partial charge >= 0.3 is 0 Å². The molecule has 31 heavy (non-hydrogen) atoms. The Balaban J connectivity index is 1.42. The quantitative estimate of drug-likeness (QED) is 0.374. The van der Waals surface area contributed by atoms with Crippen LogP contribution in [0.5, 0.6) is 0 Å². The highest BCUT2D eigenvalue weighted by Crippen LogP contribution is 2.31. The third-order valence-corrected chi connectivity index (χ3v) is 6.32. The summed E-state index contributed by atoms with van der Waals surface area (Å²) < 4.78 is 2.61. The summed E-state index contributed by atoms with van der Waals surface area (Å²) in [4.78, 5) is 12.3. The first-order chi connectivity index (χ1) is 14.8. The SMILES string of the molecule is Cc1nn(-c2ccc(Nc3ccc(NC(=O)c4cc(Cl)sc4Cl)cc3)nn2)c(C)c1C. The van der Waals surface area contributed by atoms with Crippen LogP contribution in [0.1, 0.15) is 27.3 Å². The number of rotatable bonds is 5. The fraction of sp³-hybridized carbons (Fsp3) is 0.143. The first kappa shape index (κ1) is 21.3. The highest BCUT2D eigenvalue weighted by molar-refractivity contribution is 7.20. The van der Waals surface area contributed by atoms with Crippen molar-refractivity contribution < 1.29 is 4.79 Å². The van der Waals surface area contributed by atoms with Gasteiger partial charge in [-0.3, -0.25) is 4.79 Å². The van der Waals surface area contributed by atoms with E-state index in [1.54, 1.807) is 22.9 Å². The van der Waals surface area contributed by atoms with Gasteiger partial charge in [-0.15, -0.1) is 21.5 Å². The number of hydrogen-bond donors (Lipinski definition) is 2. The standard InChI is InChI=1S/C21H18Cl2N6OS/c1-11-12(2)28-29(13(11)3)19-9-8-18(26-27-19)24-14-4-6-15(7-5-14)25-21(30)16-10-17(22)31-20(16)23/h4-10H,1-3H3,(H,24,26)(H,25,30). The minimum absolute atomic E-state index is 0.310. The molecule has 0 saturated heterocycles. The molecule has 0 radical (unpaired) electrons. The topological polar surface area (TPSA) is 84.7 Å². The maximum absolute atomic E-state index is 12.3. The fourth-order valence-electron chi connectivity index (χ4n) is 2.93. The molecule has 158 valence electrons. The molecule has 4 aromatic rings. The minimum Gasteiger partial charge on any atom is -0.339 e. The Morgan fingerprint density at radius 2 is 1.71 bits per heavy atom. The van der Waals surface area contributed by atoms with E-state index in [4.69, 9.17) is 23.2 Å². The van der Waals surface area contributed by atoms with E-state index >= 15 is 0 Å². The molecular formula is C21H18Cl2N6OS. The van der Waals surface area contributed by atoms with Gasteiger partial charge in [-0.1, -0.05) is 23.2 Å². The summed E-state index contributed by atoms with van der Waals surface area (Å²) >= 11 is 13.1. The van der Waals surface area contributed by atoms with E-state index in [1.165, 1.54) is 0 Å². The molecule has 4 rings (SSSR count). The Hall–Kier alpha value is -2.94. The lowest BCUT2D eigenvalue weighted by molar-refractivity contribution is 0.102. The van der Waals surface area contributed by atoms with Crippen molar-refractivity contribution in [3.8, 4) is 5.82 Å². The van der Waals surface area contributed by atoms with Crippen LogP contribution in [0.3, 0.4) is 0 Å². The second kappa shape index (κ2) is 8.66. The summed E-state index contributed by atoms with van der Waals surface area (Å²) in [5.41, 5.74) is 4.94. The van der Waals surface area contributed by atoms with Crippen LogP contribution in [0, 0.1) is 20.8 Å². The van der Waals surface area contributed by atoms with Crippen LogP contribution in [0.2, 0.25) is 8.67 Å². The van der Waals surface area contributed by atoms with Crippen molar-refractivity contribution in [3.05, 3.63) is 73.7 Å². The number of carbonyl (C=O) groups is 1. The van der Waals surface area contributed by atoms with Crippen LogP contribution in [-0.2, 0) is 0 Å². The van der Waals surface area contributed by atoms with Crippen LogP contribution in [0.25, 0.3) is 5.82 Å². The average Bonchev–Trinajstić information content (AvgIpc) is 3.22. The molecule has 0 spiro atoms. The summed E-state index contributed by atoms with van der Waals surface area (Å²) in [6.45, 7) is 6.01. The Labute approximate surface area is 193 Å². The number of amides is 1. The number of anilines is 3. The molecule has 0 aliphatic carbocycles. The van der Waals surface area contributed by atoms with Gasteiger partial charge in [0, 0.05) is 17.1 Å². The monoisotopic (exact) mass is 472 g/mol. The molecular weight excluding hydrogens is 455 g/mol. The van der Waals surface area contributed by atoms with Gasteiger partial charge in [0.1, 0.15) is 4.34 Å². The van der Waals surface area contributed by atoms with Crippen molar-refractivity contribution in [2.45, 2.75) is 20.8 Å². The van der Waals surface area contributed by atoms with Gasteiger partial charge in [0.2, 0.25) is 0 Å². The lowest BCUT2D eigenvalue weighted by Gasteiger charge is -2.08. The molecule has 7 nitrogen and oxygen atoms in total. The van der Waals surface area contributed by atoms with E-state index in [-0.39, 0.29) is 5.91 Å². The molecule has 0 fully saturated rings. The molecule has 1 aromatic carbocycles. The molecule has 0 saturated carbocycles. The van der Waals surface area contributed by atoms with E-state index in [9.17, 15) is 4.79 Å². The van der Waals surface area contributed by atoms with Crippen molar-refractivity contribution in [1.29, 1.82) is 0 Å². The molecule has 0 aliphatic rings. The van der Waals surface area contributed by atoms with Gasteiger partial charge in [0.05, 0.1) is 15.6 Å². The van der Waals surface area contributed by atoms with E-state index in [2.05, 4.69) is 25.9 Å². The highest BCUT2D eigenvalue weighted by Gasteiger charge is 2.14. The van der Waals surface area contributed by atoms with Gasteiger partial charge in [0.15, 0.2) is 11.6 Å². The van der Waals surface area contributed by atoms with Gasteiger partial charge in [-0.05, 0) is 68.8 Å². The average molecular weight is 473 g/mol. The summed E-state index contributed by atoms with van der Waals surface area (Å²) in [7, 11) is 0. The van der Waals surface area contributed by atoms with Gasteiger partial charge < -0.3 is 10.6 Å². The zero-order valence-corrected chi connectivity index (χ0v) is 19.2. The van der Waals surface area contributed by atoms with Crippen LogP contribution in [0.4, 0.5) is 17.2 Å². The normalized spacial score (nSPS) is 10.9. The second-order valence-corrected chi connectivity index (χ2v) is 9.16. The predicted molar refractivity (Wildman–Crippen MR) is 125 cm³/mol. The number of halogens is 2. The van der Waals surface area contributed by atoms with Crippen LogP contribution < -0.4 is 10.6 Å². The fourth-order valence-corrected chi connectivity index (χ4v) is 4.39.